The number of aliphatic hydroxyl groups excluding tert-OH is 1. The Morgan fingerprint density at radius 1 is 1.80 bits per heavy atom. The lowest BCUT2D eigenvalue weighted by Crippen LogP contribution is -2.29. The van der Waals surface area contributed by atoms with Crippen LogP contribution in [0.4, 0.5) is 0 Å². The summed E-state index contributed by atoms with van der Waals surface area (Å²) in [6.45, 7) is 2.28. The van der Waals surface area contributed by atoms with Crippen LogP contribution < -0.4 is 0 Å². The van der Waals surface area contributed by atoms with Crippen molar-refractivity contribution in [2.24, 2.45) is 5.41 Å². The Kier molecular flexibility index (Phi) is 1.94. The van der Waals surface area contributed by atoms with Crippen molar-refractivity contribution < 1.29 is 14.6 Å². The second-order valence-electron chi connectivity index (χ2n) is 2.68. The van der Waals surface area contributed by atoms with Gasteiger partial charge in [-0.05, 0) is 12.8 Å². The lowest BCUT2D eigenvalue weighted by molar-refractivity contribution is -0.148. The summed E-state index contributed by atoms with van der Waals surface area (Å²) < 4.78 is 4.75. The number of ether oxygens (including phenoxy) is 1. The summed E-state index contributed by atoms with van der Waals surface area (Å²) in [4.78, 5) is 11.0. The molecule has 1 saturated heterocycles. The lowest BCUT2D eigenvalue weighted by atomic mass is 9.85. The van der Waals surface area contributed by atoms with E-state index in [9.17, 15) is 4.79 Å². The number of rotatable bonds is 2. The molecule has 1 heterocycles. The molecular formula is C7H12O3. The number of cyclic esters (lactones) is 1. The molecule has 1 rings (SSSR count). The maximum Gasteiger partial charge on any atom is 0.314 e. The van der Waals surface area contributed by atoms with Crippen LogP contribution in [-0.2, 0) is 9.53 Å². The molecule has 0 aromatic rings. The Bertz CT molecular complexity index is 138. The van der Waals surface area contributed by atoms with Crippen LogP contribution in [0.2, 0.25) is 0 Å². The van der Waals surface area contributed by atoms with E-state index in [4.69, 9.17) is 9.84 Å². The SMILES string of the molecule is CCC1(CO)CCOC1=O. The number of carbonyl (C=O) groups excluding carboxylic acids is 1. The van der Waals surface area contributed by atoms with Crippen molar-refractivity contribution >= 4 is 5.97 Å². The fraction of sp³-hybridized carbons (Fsp3) is 0.857. The van der Waals surface area contributed by atoms with Gasteiger partial charge >= 0.3 is 5.97 Å². The van der Waals surface area contributed by atoms with Gasteiger partial charge in [-0.15, -0.1) is 0 Å². The van der Waals surface area contributed by atoms with E-state index in [-0.39, 0.29) is 12.6 Å². The van der Waals surface area contributed by atoms with Crippen LogP contribution in [0.5, 0.6) is 0 Å². The minimum atomic E-state index is -0.569. The van der Waals surface area contributed by atoms with Crippen LogP contribution in [0.25, 0.3) is 0 Å². The summed E-state index contributed by atoms with van der Waals surface area (Å²) >= 11 is 0. The molecule has 1 aliphatic heterocycles. The van der Waals surface area contributed by atoms with Crippen molar-refractivity contribution in [3.63, 3.8) is 0 Å². The van der Waals surface area contributed by atoms with E-state index in [0.29, 0.717) is 19.4 Å². The molecule has 1 atom stereocenters. The molecule has 0 saturated carbocycles. The number of hydrogen-bond donors (Lipinski definition) is 1. The van der Waals surface area contributed by atoms with E-state index >= 15 is 0 Å². The molecule has 1 unspecified atom stereocenters. The van der Waals surface area contributed by atoms with Crippen molar-refractivity contribution in [3.05, 3.63) is 0 Å². The summed E-state index contributed by atoms with van der Waals surface area (Å²) in [5, 5.41) is 8.89. The lowest BCUT2D eigenvalue weighted by Gasteiger charge is -2.18. The highest BCUT2D eigenvalue weighted by Gasteiger charge is 2.42. The highest BCUT2D eigenvalue weighted by atomic mass is 16.5. The number of esters is 1. The van der Waals surface area contributed by atoms with Crippen LogP contribution >= 0.6 is 0 Å². The van der Waals surface area contributed by atoms with Crippen molar-refractivity contribution in [3.8, 4) is 0 Å². The van der Waals surface area contributed by atoms with Crippen molar-refractivity contribution in [1.29, 1.82) is 0 Å². The van der Waals surface area contributed by atoms with Crippen molar-refractivity contribution in [1.82, 2.24) is 0 Å². The molecule has 0 amide bonds. The predicted molar refractivity (Wildman–Crippen MR) is 35.4 cm³/mol. The average molecular weight is 144 g/mol. The monoisotopic (exact) mass is 144 g/mol. The number of aliphatic hydroxyl groups is 1. The molecule has 0 aromatic carbocycles. The van der Waals surface area contributed by atoms with Crippen LogP contribution in [0.3, 0.4) is 0 Å². The second kappa shape index (κ2) is 2.58. The molecule has 1 fully saturated rings. The second-order valence-corrected chi connectivity index (χ2v) is 2.68. The summed E-state index contributed by atoms with van der Waals surface area (Å²) in [6, 6.07) is 0. The molecule has 1 N–H and O–H groups in total. The van der Waals surface area contributed by atoms with Crippen LogP contribution in [-0.4, -0.2) is 24.3 Å². The van der Waals surface area contributed by atoms with Gasteiger partial charge in [0, 0.05) is 0 Å². The van der Waals surface area contributed by atoms with Gasteiger partial charge in [0.15, 0.2) is 0 Å². The third kappa shape index (κ3) is 0.904. The van der Waals surface area contributed by atoms with Gasteiger partial charge in [-0.2, -0.15) is 0 Å². The first-order valence-corrected chi connectivity index (χ1v) is 3.53. The molecular weight excluding hydrogens is 132 g/mol. The molecule has 3 heteroatoms. The number of hydrogen-bond acceptors (Lipinski definition) is 3. The summed E-state index contributed by atoms with van der Waals surface area (Å²) in [5.74, 6) is -0.238. The molecule has 0 aliphatic carbocycles. The van der Waals surface area contributed by atoms with E-state index in [1.54, 1.807) is 0 Å². The highest BCUT2D eigenvalue weighted by Crippen LogP contribution is 2.32. The largest absolute Gasteiger partial charge is 0.465 e. The van der Waals surface area contributed by atoms with Crippen LogP contribution in [0.15, 0.2) is 0 Å². The average Bonchev–Trinajstić information content (AvgIpc) is 2.32. The van der Waals surface area contributed by atoms with Gasteiger partial charge in [0.25, 0.3) is 0 Å². The molecule has 1 aliphatic rings. The third-order valence-corrected chi connectivity index (χ3v) is 2.23. The molecule has 0 aromatic heterocycles. The minimum Gasteiger partial charge on any atom is -0.465 e. The molecule has 10 heavy (non-hydrogen) atoms. The Morgan fingerprint density at radius 3 is 2.70 bits per heavy atom. The van der Waals surface area contributed by atoms with Crippen LogP contribution in [0.1, 0.15) is 19.8 Å². The summed E-state index contributed by atoms with van der Waals surface area (Å²) in [6.07, 6.45) is 1.33. The molecule has 0 bridgehead atoms. The fourth-order valence-corrected chi connectivity index (χ4v) is 1.17. The predicted octanol–water partition coefficient (Wildman–Crippen LogP) is 0.322. The van der Waals surface area contributed by atoms with E-state index in [1.807, 2.05) is 6.92 Å². The highest BCUT2D eigenvalue weighted by molar-refractivity contribution is 5.78. The fourth-order valence-electron chi connectivity index (χ4n) is 1.17. The van der Waals surface area contributed by atoms with Gasteiger partial charge in [-0.1, -0.05) is 6.92 Å². The molecule has 0 radical (unpaired) electrons. The Labute approximate surface area is 60.0 Å². The number of carbonyl (C=O) groups is 1. The maximum atomic E-state index is 11.0. The zero-order chi connectivity index (χ0) is 7.61. The Morgan fingerprint density at radius 2 is 2.50 bits per heavy atom. The van der Waals surface area contributed by atoms with Gasteiger partial charge in [-0.3, -0.25) is 4.79 Å². The molecule has 0 spiro atoms. The first-order chi connectivity index (χ1) is 4.75. The van der Waals surface area contributed by atoms with Crippen molar-refractivity contribution in [2.45, 2.75) is 19.8 Å². The maximum absolute atomic E-state index is 11.0. The van der Waals surface area contributed by atoms with Gasteiger partial charge < -0.3 is 9.84 Å². The first-order valence-electron chi connectivity index (χ1n) is 3.53. The van der Waals surface area contributed by atoms with E-state index in [0.717, 1.165) is 0 Å². The third-order valence-electron chi connectivity index (χ3n) is 2.23. The molecule has 3 nitrogen and oxygen atoms in total. The standard InChI is InChI=1S/C7H12O3/c1-2-7(5-8)3-4-10-6(7)9/h8H,2-5H2,1H3. The normalized spacial score (nSPS) is 32.4. The smallest absolute Gasteiger partial charge is 0.314 e. The summed E-state index contributed by atoms with van der Waals surface area (Å²) in [7, 11) is 0. The first kappa shape index (κ1) is 7.54. The molecule has 58 valence electrons. The quantitative estimate of drug-likeness (QED) is 0.568. The van der Waals surface area contributed by atoms with E-state index in [1.165, 1.54) is 0 Å². The van der Waals surface area contributed by atoms with Gasteiger partial charge in [-0.25, -0.2) is 0 Å². The zero-order valence-corrected chi connectivity index (χ0v) is 6.09. The minimum absolute atomic E-state index is 0.0810. The van der Waals surface area contributed by atoms with Crippen molar-refractivity contribution in [2.75, 3.05) is 13.2 Å². The van der Waals surface area contributed by atoms with Gasteiger partial charge in [0.05, 0.1) is 18.6 Å². The van der Waals surface area contributed by atoms with E-state index < -0.39 is 5.41 Å². The van der Waals surface area contributed by atoms with Gasteiger partial charge in [0.1, 0.15) is 0 Å². The van der Waals surface area contributed by atoms with Crippen LogP contribution in [0, 0.1) is 5.41 Å². The Balaban J connectivity index is 2.71. The topological polar surface area (TPSA) is 46.5 Å². The zero-order valence-electron chi connectivity index (χ0n) is 6.09. The Hall–Kier alpha value is -0.570. The van der Waals surface area contributed by atoms with E-state index in [2.05, 4.69) is 0 Å². The summed E-state index contributed by atoms with van der Waals surface area (Å²) in [5.41, 5.74) is -0.569. The van der Waals surface area contributed by atoms with Gasteiger partial charge in [0.2, 0.25) is 0 Å².